The van der Waals surface area contributed by atoms with Crippen LogP contribution < -0.4 is 5.32 Å². The van der Waals surface area contributed by atoms with Crippen molar-refractivity contribution in [2.75, 3.05) is 11.9 Å². The molecule has 1 aliphatic rings. The highest BCUT2D eigenvalue weighted by Crippen LogP contribution is 2.19. The lowest BCUT2D eigenvalue weighted by Crippen LogP contribution is -2.23. The van der Waals surface area contributed by atoms with E-state index in [1.807, 2.05) is 12.1 Å². The second-order valence-electron chi connectivity index (χ2n) is 3.43. The predicted molar refractivity (Wildman–Crippen MR) is 63.7 cm³/mol. The summed E-state index contributed by atoms with van der Waals surface area (Å²) in [7, 11) is 0. The van der Waals surface area contributed by atoms with Crippen molar-refractivity contribution in [3.05, 3.63) is 35.3 Å². The molecular weight excluding hydrogens is 256 g/mol. The Kier molecular flexibility index (Phi) is 3.61. The Morgan fingerprint density at radius 1 is 1.60 bits per heavy atom. The quantitative estimate of drug-likeness (QED) is 0.856. The van der Waals surface area contributed by atoms with E-state index in [-0.39, 0.29) is 6.10 Å². The zero-order valence-electron chi connectivity index (χ0n) is 8.32. The molecule has 1 aromatic rings. The first kappa shape index (κ1) is 10.5. The Morgan fingerprint density at radius 3 is 3.27 bits per heavy atom. The van der Waals surface area contributed by atoms with Crippen molar-refractivity contribution in [3.8, 4) is 0 Å². The molecule has 0 fully saturated rings. The first-order chi connectivity index (χ1) is 7.36. The van der Waals surface area contributed by atoms with Crippen molar-refractivity contribution < 1.29 is 4.74 Å². The SMILES string of the molecule is Brc1ncccc1NCC1CCC=CO1. The Balaban J connectivity index is 1.87. The van der Waals surface area contributed by atoms with Crippen molar-refractivity contribution >= 4 is 21.6 Å². The van der Waals surface area contributed by atoms with Gasteiger partial charge in [0.15, 0.2) is 0 Å². The second kappa shape index (κ2) is 5.16. The highest BCUT2D eigenvalue weighted by molar-refractivity contribution is 9.10. The number of hydrogen-bond acceptors (Lipinski definition) is 3. The van der Waals surface area contributed by atoms with E-state index in [2.05, 4.69) is 32.3 Å². The summed E-state index contributed by atoms with van der Waals surface area (Å²) in [6, 6.07) is 3.91. The van der Waals surface area contributed by atoms with E-state index in [0.29, 0.717) is 0 Å². The molecule has 1 aromatic heterocycles. The molecule has 0 saturated heterocycles. The molecule has 0 amide bonds. The Labute approximate surface area is 97.7 Å². The van der Waals surface area contributed by atoms with E-state index >= 15 is 0 Å². The van der Waals surface area contributed by atoms with Gasteiger partial charge in [-0.15, -0.1) is 0 Å². The van der Waals surface area contributed by atoms with E-state index < -0.39 is 0 Å². The van der Waals surface area contributed by atoms with E-state index in [4.69, 9.17) is 4.74 Å². The molecule has 2 heterocycles. The van der Waals surface area contributed by atoms with Gasteiger partial charge in [-0.2, -0.15) is 0 Å². The number of halogens is 1. The molecule has 15 heavy (non-hydrogen) atoms. The van der Waals surface area contributed by atoms with Crippen molar-refractivity contribution in [2.24, 2.45) is 0 Å². The minimum atomic E-state index is 0.266. The van der Waals surface area contributed by atoms with E-state index in [0.717, 1.165) is 29.7 Å². The van der Waals surface area contributed by atoms with E-state index in [1.165, 1.54) is 0 Å². The third-order valence-electron chi connectivity index (χ3n) is 2.30. The lowest BCUT2D eigenvalue weighted by atomic mass is 10.1. The number of ether oxygens (including phenoxy) is 1. The normalized spacial score (nSPS) is 19.7. The van der Waals surface area contributed by atoms with Gasteiger partial charge in [-0.05, 0) is 47.0 Å². The van der Waals surface area contributed by atoms with Gasteiger partial charge in [0.2, 0.25) is 0 Å². The molecule has 3 nitrogen and oxygen atoms in total. The van der Waals surface area contributed by atoms with Crippen LogP contribution in [0.25, 0.3) is 0 Å². The third kappa shape index (κ3) is 2.96. The molecule has 1 atom stereocenters. The minimum Gasteiger partial charge on any atom is -0.497 e. The Bertz CT molecular complexity index is 354. The average Bonchev–Trinajstić information content (AvgIpc) is 2.29. The van der Waals surface area contributed by atoms with Crippen molar-refractivity contribution in [1.29, 1.82) is 0 Å². The van der Waals surface area contributed by atoms with Crippen LogP contribution in [0.1, 0.15) is 12.8 Å². The monoisotopic (exact) mass is 268 g/mol. The van der Waals surface area contributed by atoms with Gasteiger partial charge in [-0.25, -0.2) is 4.98 Å². The number of aromatic nitrogens is 1. The second-order valence-corrected chi connectivity index (χ2v) is 4.18. The summed E-state index contributed by atoms with van der Waals surface area (Å²) in [6.45, 7) is 0.814. The van der Waals surface area contributed by atoms with Crippen LogP contribution in [0, 0.1) is 0 Å². The Hall–Kier alpha value is -1.03. The van der Waals surface area contributed by atoms with Crippen LogP contribution in [0.5, 0.6) is 0 Å². The highest BCUT2D eigenvalue weighted by atomic mass is 79.9. The molecule has 0 spiro atoms. The van der Waals surface area contributed by atoms with Crippen LogP contribution in [0.3, 0.4) is 0 Å². The molecule has 2 rings (SSSR count). The fourth-order valence-corrected chi connectivity index (χ4v) is 1.87. The smallest absolute Gasteiger partial charge is 0.129 e. The van der Waals surface area contributed by atoms with Crippen LogP contribution in [0.4, 0.5) is 5.69 Å². The Morgan fingerprint density at radius 2 is 2.53 bits per heavy atom. The van der Waals surface area contributed by atoms with Gasteiger partial charge >= 0.3 is 0 Å². The molecule has 80 valence electrons. The maximum Gasteiger partial charge on any atom is 0.129 e. The maximum absolute atomic E-state index is 5.46. The average molecular weight is 269 g/mol. The summed E-state index contributed by atoms with van der Waals surface area (Å²) < 4.78 is 6.30. The highest BCUT2D eigenvalue weighted by Gasteiger charge is 2.10. The lowest BCUT2D eigenvalue weighted by Gasteiger charge is -2.20. The molecule has 0 bridgehead atoms. The lowest BCUT2D eigenvalue weighted by molar-refractivity contribution is 0.135. The summed E-state index contributed by atoms with van der Waals surface area (Å²) in [4.78, 5) is 4.14. The van der Waals surface area contributed by atoms with E-state index in [1.54, 1.807) is 12.5 Å². The van der Waals surface area contributed by atoms with Crippen molar-refractivity contribution in [2.45, 2.75) is 18.9 Å². The molecule has 1 aliphatic heterocycles. The summed E-state index contributed by atoms with van der Waals surface area (Å²) in [5, 5.41) is 3.31. The molecule has 1 unspecified atom stereocenters. The summed E-state index contributed by atoms with van der Waals surface area (Å²) in [5.74, 6) is 0. The third-order valence-corrected chi connectivity index (χ3v) is 2.93. The molecular formula is C11H13BrN2O. The molecule has 0 aliphatic carbocycles. The topological polar surface area (TPSA) is 34.2 Å². The molecule has 0 aromatic carbocycles. The first-order valence-corrected chi connectivity index (χ1v) is 5.80. The van der Waals surface area contributed by atoms with Gasteiger partial charge in [-0.3, -0.25) is 0 Å². The van der Waals surface area contributed by atoms with Crippen molar-refractivity contribution in [3.63, 3.8) is 0 Å². The number of rotatable bonds is 3. The number of anilines is 1. The minimum absolute atomic E-state index is 0.266. The van der Waals surface area contributed by atoms with Crippen LogP contribution in [0.2, 0.25) is 0 Å². The maximum atomic E-state index is 5.46. The number of nitrogens with zero attached hydrogens (tertiary/aromatic N) is 1. The molecule has 0 radical (unpaired) electrons. The molecule has 1 N–H and O–H groups in total. The van der Waals surface area contributed by atoms with Gasteiger partial charge in [0, 0.05) is 6.20 Å². The number of nitrogens with one attached hydrogen (secondary N) is 1. The van der Waals surface area contributed by atoms with Gasteiger partial charge in [0.05, 0.1) is 18.5 Å². The standard InChI is InChI=1S/C11H13BrN2O/c12-11-10(5-3-6-13-11)14-8-9-4-1-2-7-15-9/h2-3,5-7,9,14H,1,4,8H2. The van der Waals surface area contributed by atoms with Crippen molar-refractivity contribution in [1.82, 2.24) is 4.98 Å². The van der Waals surface area contributed by atoms with Crippen LogP contribution >= 0.6 is 15.9 Å². The summed E-state index contributed by atoms with van der Waals surface area (Å²) >= 11 is 3.39. The fourth-order valence-electron chi connectivity index (χ4n) is 1.48. The van der Waals surface area contributed by atoms with E-state index in [9.17, 15) is 0 Å². The molecule has 4 heteroatoms. The van der Waals surface area contributed by atoms with Gasteiger partial charge in [0.25, 0.3) is 0 Å². The largest absolute Gasteiger partial charge is 0.497 e. The zero-order chi connectivity index (χ0) is 10.5. The van der Waals surface area contributed by atoms with Crippen LogP contribution in [0.15, 0.2) is 35.3 Å². The number of pyridine rings is 1. The first-order valence-electron chi connectivity index (χ1n) is 5.01. The van der Waals surface area contributed by atoms with Crippen LogP contribution in [-0.2, 0) is 4.74 Å². The summed E-state index contributed by atoms with van der Waals surface area (Å²) in [5.41, 5.74) is 1.01. The fraction of sp³-hybridized carbons (Fsp3) is 0.364. The predicted octanol–water partition coefficient (Wildman–Crippen LogP) is 2.95. The van der Waals surface area contributed by atoms with Gasteiger partial charge in [0.1, 0.15) is 10.7 Å². The molecule has 0 saturated carbocycles. The zero-order valence-corrected chi connectivity index (χ0v) is 9.90. The van der Waals surface area contributed by atoms with Crippen LogP contribution in [-0.4, -0.2) is 17.6 Å². The number of hydrogen-bond donors (Lipinski definition) is 1. The van der Waals surface area contributed by atoms with Gasteiger partial charge < -0.3 is 10.1 Å². The summed E-state index contributed by atoms with van der Waals surface area (Å²) in [6.07, 6.45) is 8.03. The van der Waals surface area contributed by atoms with Gasteiger partial charge in [-0.1, -0.05) is 0 Å². The number of allylic oxidation sites excluding steroid dienone is 1.